The number of hydrogen-bond donors (Lipinski definition) is 1. The van der Waals surface area contributed by atoms with Gasteiger partial charge in [-0.1, -0.05) is 11.6 Å². The maximum Gasteiger partial charge on any atom is 0.294 e. The molecule has 0 aliphatic rings. The zero-order valence-electron chi connectivity index (χ0n) is 9.87. The van der Waals surface area contributed by atoms with E-state index in [0.29, 0.717) is 16.7 Å². The van der Waals surface area contributed by atoms with Crippen molar-refractivity contribution in [1.82, 2.24) is 4.98 Å². The van der Waals surface area contributed by atoms with Crippen LogP contribution in [-0.4, -0.2) is 19.1 Å². The summed E-state index contributed by atoms with van der Waals surface area (Å²) in [6.45, 7) is 1.94. The quantitative estimate of drug-likeness (QED) is 0.910. The molecule has 4 nitrogen and oxygen atoms in total. The van der Waals surface area contributed by atoms with Gasteiger partial charge in [0.1, 0.15) is 17.7 Å². The van der Waals surface area contributed by atoms with Gasteiger partial charge in [-0.3, -0.25) is 0 Å². The lowest BCUT2D eigenvalue weighted by atomic mass is 10.1. The molecule has 0 aliphatic carbocycles. The van der Waals surface area contributed by atoms with Gasteiger partial charge >= 0.3 is 0 Å². The number of rotatable bonds is 3. The van der Waals surface area contributed by atoms with Crippen molar-refractivity contribution in [3.8, 4) is 17.0 Å². The average molecular weight is 253 g/mol. The highest BCUT2D eigenvalue weighted by Crippen LogP contribution is 2.35. The fourth-order valence-electron chi connectivity index (χ4n) is 1.70. The molecule has 5 heteroatoms. The zero-order valence-corrected chi connectivity index (χ0v) is 10.6. The van der Waals surface area contributed by atoms with Crippen molar-refractivity contribution < 1.29 is 9.15 Å². The first-order valence-electron chi connectivity index (χ1n) is 5.13. The number of methoxy groups -OCH3 is 1. The standard InChI is InChI=1S/C12H13ClN2O2/c1-7-4-8(13)5-9(11(7)16-3)10-6-17-12(14-2)15-10/h4-6H,1-3H3,(H,14,15). The van der Waals surface area contributed by atoms with Crippen molar-refractivity contribution in [3.63, 3.8) is 0 Å². The monoisotopic (exact) mass is 252 g/mol. The summed E-state index contributed by atoms with van der Waals surface area (Å²) in [6.07, 6.45) is 1.57. The van der Waals surface area contributed by atoms with Crippen LogP contribution in [0.15, 0.2) is 22.8 Å². The highest BCUT2D eigenvalue weighted by Gasteiger charge is 2.14. The van der Waals surface area contributed by atoms with Crippen molar-refractivity contribution in [2.45, 2.75) is 6.92 Å². The molecule has 1 heterocycles. The van der Waals surface area contributed by atoms with Gasteiger partial charge in [-0.2, -0.15) is 4.98 Å². The second-order valence-electron chi connectivity index (χ2n) is 3.59. The lowest BCUT2D eigenvalue weighted by Crippen LogP contribution is -1.92. The smallest absolute Gasteiger partial charge is 0.294 e. The van der Waals surface area contributed by atoms with Gasteiger partial charge in [-0.15, -0.1) is 0 Å². The van der Waals surface area contributed by atoms with Gasteiger partial charge < -0.3 is 14.5 Å². The van der Waals surface area contributed by atoms with Crippen LogP contribution in [0.1, 0.15) is 5.56 Å². The van der Waals surface area contributed by atoms with Crippen molar-refractivity contribution in [2.75, 3.05) is 19.5 Å². The Morgan fingerprint density at radius 1 is 1.41 bits per heavy atom. The van der Waals surface area contributed by atoms with Crippen LogP contribution >= 0.6 is 11.6 Å². The van der Waals surface area contributed by atoms with Gasteiger partial charge in [0, 0.05) is 17.6 Å². The molecule has 0 saturated carbocycles. The molecule has 1 aromatic heterocycles. The number of anilines is 1. The first kappa shape index (κ1) is 11.8. The van der Waals surface area contributed by atoms with E-state index in [0.717, 1.165) is 16.9 Å². The Labute approximate surface area is 105 Å². The van der Waals surface area contributed by atoms with Crippen LogP contribution in [0.5, 0.6) is 5.75 Å². The number of halogens is 1. The summed E-state index contributed by atoms with van der Waals surface area (Å²) in [5.41, 5.74) is 2.48. The molecular weight excluding hydrogens is 240 g/mol. The lowest BCUT2D eigenvalue weighted by Gasteiger charge is -2.09. The molecule has 0 aliphatic heterocycles. The van der Waals surface area contributed by atoms with E-state index in [9.17, 15) is 0 Å². The molecule has 1 aromatic carbocycles. The molecule has 0 fully saturated rings. The van der Waals surface area contributed by atoms with Gasteiger partial charge in [0.15, 0.2) is 0 Å². The predicted molar refractivity (Wildman–Crippen MR) is 67.8 cm³/mol. The Morgan fingerprint density at radius 2 is 2.18 bits per heavy atom. The summed E-state index contributed by atoms with van der Waals surface area (Å²) in [5, 5.41) is 3.48. The van der Waals surface area contributed by atoms with E-state index in [-0.39, 0.29) is 0 Å². The van der Waals surface area contributed by atoms with Crippen LogP contribution in [0, 0.1) is 6.92 Å². The third-order valence-corrected chi connectivity index (χ3v) is 2.66. The van der Waals surface area contributed by atoms with E-state index in [1.807, 2.05) is 19.1 Å². The molecule has 0 spiro atoms. The minimum Gasteiger partial charge on any atom is -0.496 e. The molecule has 90 valence electrons. The second-order valence-corrected chi connectivity index (χ2v) is 4.03. The summed E-state index contributed by atoms with van der Waals surface area (Å²) in [6, 6.07) is 4.12. The molecule has 0 atom stereocenters. The number of hydrogen-bond acceptors (Lipinski definition) is 4. The van der Waals surface area contributed by atoms with Crippen LogP contribution in [-0.2, 0) is 0 Å². The summed E-state index contributed by atoms with van der Waals surface area (Å²) < 4.78 is 10.6. The Kier molecular flexibility index (Phi) is 3.24. The largest absolute Gasteiger partial charge is 0.496 e. The van der Waals surface area contributed by atoms with E-state index in [2.05, 4.69) is 10.3 Å². The molecule has 17 heavy (non-hydrogen) atoms. The van der Waals surface area contributed by atoms with Crippen LogP contribution in [0.25, 0.3) is 11.3 Å². The average Bonchev–Trinajstić information content (AvgIpc) is 2.76. The van der Waals surface area contributed by atoms with Gasteiger partial charge in [0.05, 0.1) is 7.11 Å². The molecule has 0 bridgehead atoms. The van der Waals surface area contributed by atoms with Crippen molar-refractivity contribution in [1.29, 1.82) is 0 Å². The van der Waals surface area contributed by atoms with Gasteiger partial charge in [-0.25, -0.2) is 0 Å². The molecule has 2 rings (SSSR count). The molecular formula is C12H13ClN2O2. The van der Waals surface area contributed by atoms with Crippen LogP contribution in [0.3, 0.4) is 0 Å². The third kappa shape index (κ3) is 2.22. The number of nitrogens with one attached hydrogen (secondary N) is 1. The maximum absolute atomic E-state index is 6.04. The highest BCUT2D eigenvalue weighted by molar-refractivity contribution is 6.31. The fourth-order valence-corrected chi connectivity index (χ4v) is 1.98. The summed E-state index contributed by atoms with van der Waals surface area (Å²) >= 11 is 6.04. The van der Waals surface area contributed by atoms with Crippen molar-refractivity contribution in [3.05, 3.63) is 29.0 Å². The molecule has 1 N–H and O–H groups in total. The Bertz CT molecular complexity index is 537. The lowest BCUT2D eigenvalue weighted by molar-refractivity contribution is 0.413. The Balaban J connectivity index is 2.57. The summed E-state index contributed by atoms with van der Waals surface area (Å²) in [7, 11) is 3.37. The van der Waals surface area contributed by atoms with Crippen LogP contribution in [0.2, 0.25) is 5.02 Å². The third-order valence-electron chi connectivity index (χ3n) is 2.44. The predicted octanol–water partition coefficient (Wildman–Crippen LogP) is 3.35. The molecule has 0 radical (unpaired) electrons. The van der Waals surface area contributed by atoms with Gasteiger partial charge in [-0.05, 0) is 24.6 Å². The van der Waals surface area contributed by atoms with Crippen LogP contribution < -0.4 is 10.1 Å². The molecule has 0 amide bonds. The first-order chi connectivity index (χ1) is 8.15. The second kappa shape index (κ2) is 4.67. The minimum absolute atomic E-state index is 0.458. The SMILES string of the molecule is CNc1nc(-c2cc(Cl)cc(C)c2OC)co1. The number of aromatic nitrogens is 1. The highest BCUT2D eigenvalue weighted by atomic mass is 35.5. The molecule has 0 unspecified atom stereocenters. The van der Waals surface area contributed by atoms with E-state index >= 15 is 0 Å². The summed E-state index contributed by atoms with van der Waals surface area (Å²) in [4.78, 5) is 4.27. The maximum atomic E-state index is 6.04. The molecule has 0 saturated heterocycles. The van der Waals surface area contributed by atoms with Gasteiger partial charge in [0.25, 0.3) is 6.01 Å². The number of nitrogens with zero attached hydrogens (tertiary/aromatic N) is 1. The van der Waals surface area contributed by atoms with E-state index in [1.54, 1.807) is 20.4 Å². The Hall–Kier alpha value is -1.68. The fraction of sp³-hybridized carbons (Fsp3) is 0.250. The molecule has 2 aromatic rings. The topological polar surface area (TPSA) is 47.3 Å². The minimum atomic E-state index is 0.458. The zero-order chi connectivity index (χ0) is 12.4. The van der Waals surface area contributed by atoms with E-state index in [1.165, 1.54) is 0 Å². The first-order valence-corrected chi connectivity index (χ1v) is 5.51. The van der Waals surface area contributed by atoms with Crippen molar-refractivity contribution in [2.24, 2.45) is 0 Å². The Morgan fingerprint density at radius 3 is 2.76 bits per heavy atom. The van der Waals surface area contributed by atoms with E-state index < -0.39 is 0 Å². The normalized spacial score (nSPS) is 10.4. The van der Waals surface area contributed by atoms with Crippen molar-refractivity contribution >= 4 is 17.6 Å². The number of aryl methyl sites for hydroxylation is 1. The number of ether oxygens (including phenoxy) is 1. The van der Waals surface area contributed by atoms with Gasteiger partial charge in [0.2, 0.25) is 0 Å². The number of oxazole rings is 1. The number of benzene rings is 1. The van der Waals surface area contributed by atoms with E-state index in [4.69, 9.17) is 20.8 Å². The van der Waals surface area contributed by atoms with Crippen LogP contribution in [0.4, 0.5) is 6.01 Å². The summed E-state index contributed by atoms with van der Waals surface area (Å²) in [5.74, 6) is 0.755.